The van der Waals surface area contributed by atoms with E-state index in [1.807, 2.05) is 0 Å². The normalized spacial score (nSPS) is 11.7. The van der Waals surface area contributed by atoms with E-state index in [2.05, 4.69) is 51.1 Å². The van der Waals surface area contributed by atoms with Crippen LogP contribution in [0.15, 0.2) is 30.3 Å². The second kappa shape index (κ2) is 8.49. The molecule has 0 aliphatic rings. The lowest BCUT2D eigenvalue weighted by atomic mass is 10.1. The maximum absolute atomic E-state index is 6.25. The van der Waals surface area contributed by atoms with Crippen LogP contribution in [0.5, 0.6) is 0 Å². The highest BCUT2D eigenvalue weighted by Crippen LogP contribution is 2.21. The molecule has 1 aromatic carbocycles. The van der Waals surface area contributed by atoms with Crippen LogP contribution in [-0.2, 0) is 10.8 Å². The van der Waals surface area contributed by atoms with Gasteiger partial charge in [-0.05, 0) is 43.0 Å². The molecule has 0 bridgehead atoms. The molecule has 0 heterocycles. The summed E-state index contributed by atoms with van der Waals surface area (Å²) in [5.74, 6) is 0. The molecule has 0 saturated carbocycles. The molecule has 0 fully saturated rings. The Hall–Kier alpha value is -0.603. The summed E-state index contributed by atoms with van der Waals surface area (Å²) < 4.78 is 6.25. The SMILES string of the molecule is CC[Si](CC)(CC)OCCCCc1ccccc1. The zero-order valence-corrected chi connectivity index (χ0v) is 13.2. The van der Waals surface area contributed by atoms with E-state index in [1.165, 1.54) is 43.0 Å². The highest BCUT2D eigenvalue weighted by Gasteiger charge is 2.27. The van der Waals surface area contributed by atoms with Gasteiger partial charge in [-0.1, -0.05) is 51.1 Å². The quantitative estimate of drug-likeness (QED) is 0.449. The largest absolute Gasteiger partial charge is 0.417 e. The van der Waals surface area contributed by atoms with Crippen LogP contribution in [0.3, 0.4) is 0 Å². The summed E-state index contributed by atoms with van der Waals surface area (Å²) in [5.41, 5.74) is 1.45. The third-order valence-corrected chi connectivity index (χ3v) is 8.73. The van der Waals surface area contributed by atoms with Crippen LogP contribution in [0.2, 0.25) is 18.1 Å². The van der Waals surface area contributed by atoms with E-state index in [1.54, 1.807) is 0 Å². The summed E-state index contributed by atoms with van der Waals surface area (Å²) in [4.78, 5) is 0. The van der Waals surface area contributed by atoms with Gasteiger partial charge in [0.2, 0.25) is 0 Å². The van der Waals surface area contributed by atoms with Crippen molar-refractivity contribution in [2.24, 2.45) is 0 Å². The van der Waals surface area contributed by atoms with Gasteiger partial charge in [0, 0.05) is 6.61 Å². The molecule has 0 amide bonds. The molecule has 0 saturated heterocycles. The first-order chi connectivity index (χ1) is 8.76. The Kier molecular flexibility index (Phi) is 7.29. The predicted molar refractivity (Wildman–Crippen MR) is 82.5 cm³/mol. The summed E-state index contributed by atoms with van der Waals surface area (Å²) >= 11 is 0. The highest BCUT2D eigenvalue weighted by molar-refractivity contribution is 6.73. The van der Waals surface area contributed by atoms with Crippen molar-refractivity contribution in [2.45, 2.75) is 58.2 Å². The minimum absolute atomic E-state index is 0.967. The Morgan fingerprint density at radius 1 is 0.889 bits per heavy atom. The Labute approximate surface area is 114 Å². The molecule has 18 heavy (non-hydrogen) atoms. The van der Waals surface area contributed by atoms with Crippen molar-refractivity contribution < 1.29 is 4.43 Å². The molecule has 102 valence electrons. The smallest absolute Gasteiger partial charge is 0.191 e. The molecule has 1 nitrogen and oxygen atoms in total. The van der Waals surface area contributed by atoms with E-state index in [0.717, 1.165) is 6.61 Å². The lowest BCUT2D eigenvalue weighted by Crippen LogP contribution is -2.36. The van der Waals surface area contributed by atoms with Gasteiger partial charge in [0.15, 0.2) is 8.32 Å². The Morgan fingerprint density at radius 3 is 2.06 bits per heavy atom. The van der Waals surface area contributed by atoms with Crippen molar-refractivity contribution in [3.63, 3.8) is 0 Å². The average Bonchev–Trinajstić information content (AvgIpc) is 2.45. The van der Waals surface area contributed by atoms with Gasteiger partial charge in [-0.25, -0.2) is 0 Å². The van der Waals surface area contributed by atoms with E-state index in [9.17, 15) is 0 Å². The lowest BCUT2D eigenvalue weighted by Gasteiger charge is -2.27. The van der Waals surface area contributed by atoms with Crippen LogP contribution in [0.1, 0.15) is 39.2 Å². The topological polar surface area (TPSA) is 9.23 Å². The van der Waals surface area contributed by atoms with Crippen molar-refractivity contribution in [2.75, 3.05) is 6.61 Å². The molecule has 0 atom stereocenters. The first-order valence-corrected chi connectivity index (χ1v) is 9.97. The third-order valence-electron chi connectivity index (χ3n) is 4.04. The standard InChI is InChI=1S/C16H28OSi/c1-4-18(5-2,6-3)17-15-11-10-14-16-12-8-7-9-13-16/h7-9,12-13H,4-6,10-11,14-15H2,1-3H3. The number of rotatable bonds is 9. The van der Waals surface area contributed by atoms with E-state index < -0.39 is 8.32 Å². The van der Waals surface area contributed by atoms with Gasteiger partial charge in [-0.2, -0.15) is 0 Å². The van der Waals surface area contributed by atoms with E-state index >= 15 is 0 Å². The monoisotopic (exact) mass is 264 g/mol. The summed E-state index contributed by atoms with van der Waals surface area (Å²) in [5, 5.41) is 0. The molecule has 0 aliphatic carbocycles. The van der Waals surface area contributed by atoms with Gasteiger partial charge in [0.25, 0.3) is 0 Å². The Balaban J connectivity index is 2.18. The fourth-order valence-electron chi connectivity index (χ4n) is 2.42. The van der Waals surface area contributed by atoms with Gasteiger partial charge in [0.05, 0.1) is 0 Å². The molecule has 0 N–H and O–H groups in total. The molecule has 0 aromatic heterocycles. The van der Waals surface area contributed by atoms with Crippen molar-refractivity contribution in [3.8, 4) is 0 Å². The second-order valence-electron chi connectivity index (χ2n) is 5.03. The fraction of sp³-hybridized carbons (Fsp3) is 0.625. The number of hydrogen-bond donors (Lipinski definition) is 0. The zero-order valence-electron chi connectivity index (χ0n) is 12.2. The van der Waals surface area contributed by atoms with Gasteiger partial charge >= 0.3 is 0 Å². The van der Waals surface area contributed by atoms with Crippen LogP contribution in [0, 0.1) is 0 Å². The summed E-state index contributed by atoms with van der Waals surface area (Å²) in [6.07, 6.45) is 3.62. The Bertz CT molecular complexity index is 298. The first-order valence-electron chi connectivity index (χ1n) is 7.44. The molecule has 0 spiro atoms. The predicted octanol–water partition coefficient (Wildman–Crippen LogP) is 5.03. The van der Waals surface area contributed by atoms with Crippen LogP contribution in [0.4, 0.5) is 0 Å². The molecule has 2 heteroatoms. The van der Waals surface area contributed by atoms with Gasteiger partial charge in [-0.15, -0.1) is 0 Å². The molecule has 0 radical (unpaired) electrons. The van der Waals surface area contributed by atoms with Gasteiger partial charge in [-0.3, -0.25) is 0 Å². The number of benzene rings is 1. The zero-order chi connectivity index (χ0) is 13.3. The summed E-state index contributed by atoms with van der Waals surface area (Å²) in [6, 6.07) is 14.5. The van der Waals surface area contributed by atoms with E-state index in [0.29, 0.717) is 0 Å². The van der Waals surface area contributed by atoms with Crippen LogP contribution < -0.4 is 0 Å². The maximum atomic E-state index is 6.25. The lowest BCUT2D eigenvalue weighted by molar-refractivity contribution is 0.289. The molecule has 1 rings (SSSR count). The van der Waals surface area contributed by atoms with Crippen LogP contribution in [0.25, 0.3) is 0 Å². The molecule has 0 aliphatic heterocycles. The highest BCUT2D eigenvalue weighted by atomic mass is 28.4. The minimum Gasteiger partial charge on any atom is -0.417 e. The van der Waals surface area contributed by atoms with E-state index in [4.69, 9.17) is 4.43 Å². The number of unbranched alkanes of at least 4 members (excludes halogenated alkanes) is 1. The summed E-state index contributed by atoms with van der Waals surface area (Å²) in [6.45, 7) is 7.85. The second-order valence-corrected chi connectivity index (χ2v) is 9.81. The van der Waals surface area contributed by atoms with Crippen molar-refractivity contribution >= 4 is 8.32 Å². The van der Waals surface area contributed by atoms with Crippen LogP contribution >= 0.6 is 0 Å². The van der Waals surface area contributed by atoms with Gasteiger partial charge in [0.1, 0.15) is 0 Å². The maximum Gasteiger partial charge on any atom is 0.191 e. The van der Waals surface area contributed by atoms with E-state index in [-0.39, 0.29) is 0 Å². The summed E-state index contributed by atoms with van der Waals surface area (Å²) in [7, 11) is -1.35. The van der Waals surface area contributed by atoms with Crippen LogP contribution in [-0.4, -0.2) is 14.9 Å². The number of aryl methyl sites for hydroxylation is 1. The average molecular weight is 264 g/mol. The van der Waals surface area contributed by atoms with Crippen molar-refractivity contribution in [1.29, 1.82) is 0 Å². The molecule has 0 unspecified atom stereocenters. The minimum atomic E-state index is -1.35. The number of hydrogen-bond acceptors (Lipinski definition) is 1. The fourth-order valence-corrected chi connectivity index (χ4v) is 5.11. The molecular formula is C16H28OSi. The molecule has 1 aromatic rings. The van der Waals surface area contributed by atoms with Gasteiger partial charge < -0.3 is 4.43 Å². The molecular weight excluding hydrogens is 236 g/mol. The van der Waals surface area contributed by atoms with Crippen molar-refractivity contribution in [3.05, 3.63) is 35.9 Å². The first kappa shape index (κ1) is 15.5. The van der Waals surface area contributed by atoms with Crippen molar-refractivity contribution in [1.82, 2.24) is 0 Å². The Morgan fingerprint density at radius 2 is 1.50 bits per heavy atom. The third kappa shape index (κ3) is 4.95.